The number of carbonyl (C=O) groups excluding carboxylic acids is 1. The Morgan fingerprint density at radius 1 is 1.40 bits per heavy atom. The van der Waals surface area contributed by atoms with Crippen LogP contribution in [-0.4, -0.2) is 60.4 Å². The van der Waals surface area contributed by atoms with Crippen LogP contribution in [0.1, 0.15) is 5.56 Å². The van der Waals surface area contributed by atoms with E-state index in [0.29, 0.717) is 12.5 Å². The van der Waals surface area contributed by atoms with E-state index in [0.717, 1.165) is 43.9 Å². The van der Waals surface area contributed by atoms with Gasteiger partial charge in [-0.05, 0) is 31.2 Å². The lowest BCUT2D eigenvalue weighted by molar-refractivity contribution is -0.130. The predicted octanol–water partition coefficient (Wildman–Crippen LogP) is 0.682. The van der Waals surface area contributed by atoms with Gasteiger partial charge in [-0.1, -0.05) is 18.2 Å². The van der Waals surface area contributed by atoms with E-state index in [1.165, 1.54) is 0 Å². The van der Waals surface area contributed by atoms with E-state index in [1.54, 1.807) is 0 Å². The Kier molecular flexibility index (Phi) is 4.31. The van der Waals surface area contributed by atoms with Crippen molar-refractivity contribution >= 4 is 5.91 Å². The van der Waals surface area contributed by atoms with Crippen molar-refractivity contribution in [2.75, 3.05) is 39.8 Å². The Hall–Kier alpha value is -2.18. The van der Waals surface area contributed by atoms with Gasteiger partial charge < -0.3 is 15.5 Å². The number of aromatic nitrogens is 2. The smallest absolute Gasteiger partial charge is 0.229 e. The minimum atomic E-state index is -0.247. The molecule has 1 aromatic carbocycles. The van der Waals surface area contributed by atoms with Crippen molar-refractivity contribution in [1.82, 2.24) is 25.3 Å². The summed E-state index contributed by atoms with van der Waals surface area (Å²) in [4.78, 5) is 15.1. The Morgan fingerprint density at radius 2 is 2.24 bits per heavy atom. The van der Waals surface area contributed by atoms with Crippen LogP contribution in [-0.2, 0) is 11.2 Å². The predicted molar refractivity (Wildman–Crippen MR) is 96.6 cm³/mol. The van der Waals surface area contributed by atoms with Gasteiger partial charge in [0.2, 0.25) is 5.91 Å². The number of amides is 1. The summed E-state index contributed by atoms with van der Waals surface area (Å²) >= 11 is 0. The maximum absolute atomic E-state index is 12.8. The molecule has 2 saturated heterocycles. The summed E-state index contributed by atoms with van der Waals surface area (Å²) < 4.78 is 1.87. The number of hydrogen-bond donors (Lipinski definition) is 2. The molecule has 0 saturated carbocycles. The summed E-state index contributed by atoms with van der Waals surface area (Å²) in [5, 5.41) is 11.0. The molecule has 6 nitrogen and oxygen atoms in total. The molecule has 3 heterocycles. The van der Waals surface area contributed by atoms with Crippen LogP contribution in [0.2, 0.25) is 0 Å². The fraction of sp³-hybridized carbons (Fsp3) is 0.474. The van der Waals surface area contributed by atoms with Gasteiger partial charge in [-0.2, -0.15) is 5.10 Å². The molecule has 4 rings (SSSR count). The van der Waals surface area contributed by atoms with E-state index in [4.69, 9.17) is 0 Å². The highest BCUT2D eigenvalue weighted by atomic mass is 16.2. The Bertz CT molecular complexity index is 743. The molecular formula is C19H25N5O. The maximum Gasteiger partial charge on any atom is 0.229 e. The van der Waals surface area contributed by atoms with Gasteiger partial charge in [-0.15, -0.1) is 0 Å². The molecule has 25 heavy (non-hydrogen) atoms. The van der Waals surface area contributed by atoms with E-state index < -0.39 is 0 Å². The Morgan fingerprint density at radius 3 is 3.08 bits per heavy atom. The zero-order valence-electron chi connectivity index (χ0n) is 14.6. The average molecular weight is 339 g/mol. The first-order valence-electron chi connectivity index (χ1n) is 8.94. The Balaban J connectivity index is 1.34. The molecule has 2 atom stereocenters. The summed E-state index contributed by atoms with van der Waals surface area (Å²) in [7, 11) is 2.10. The van der Waals surface area contributed by atoms with Crippen molar-refractivity contribution in [3.8, 4) is 5.69 Å². The molecule has 0 aliphatic carbocycles. The molecule has 0 unspecified atom stereocenters. The van der Waals surface area contributed by atoms with E-state index >= 15 is 0 Å². The molecule has 2 fully saturated rings. The third kappa shape index (κ3) is 3.07. The van der Waals surface area contributed by atoms with Gasteiger partial charge in [0.15, 0.2) is 0 Å². The number of carbonyl (C=O) groups is 1. The van der Waals surface area contributed by atoms with Crippen LogP contribution in [0.25, 0.3) is 5.69 Å². The molecule has 2 N–H and O–H groups in total. The van der Waals surface area contributed by atoms with E-state index in [9.17, 15) is 4.79 Å². The van der Waals surface area contributed by atoms with E-state index in [-0.39, 0.29) is 11.3 Å². The van der Waals surface area contributed by atoms with Gasteiger partial charge in [0.25, 0.3) is 0 Å². The molecule has 1 amide bonds. The quantitative estimate of drug-likeness (QED) is 0.841. The van der Waals surface area contributed by atoms with Crippen molar-refractivity contribution in [3.63, 3.8) is 0 Å². The number of rotatable bonds is 5. The van der Waals surface area contributed by atoms with Gasteiger partial charge in [0, 0.05) is 44.8 Å². The van der Waals surface area contributed by atoms with Crippen molar-refractivity contribution in [3.05, 3.63) is 48.3 Å². The van der Waals surface area contributed by atoms with E-state index in [1.807, 2.05) is 47.4 Å². The molecule has 2 aliphatic heterocycles. The highest BCUT2D eigenvalue weighted by Crippen LogP contribution is 2.38. The lowest BCUT2D eigenvalue weighted by Gasteiger charge is -2.26. The van der Waals surface area contributed by atoms with Crippen molar-refractivity contribution in [2.24, 2.45) is 11.3 Å². The average Bonchev–Trinajstić information content (AvgIpc) is 3.30. The summed E-state index contributed by atoms with van der Waals surface area (Å²) in [5.74, 6) is 0.626. The summed E-state index contributed by atoms with van der Waals surface area (Å²) in [6.07, 6.45) is 4.70. The second kappa shape index (κ2) is 6.61. The van der Waals surface area contributed by atoms with Crippen LogP contribution in [0.15, 0.2) is 42.7 Å². The molecule has 1 aromatic heterocycles. The summed E-state index contributed by atoms with van der Waals surface area (Å²) in [6, 6.07) is 10.1. The topological polar surface area (TPSA) is 62.2 Å². The van der Waals surface area contributed by atoms with Gasteiger partial charge in [-0.25, -0.2) is 4.68 Å². The standard InChI is InChI=1S/C19H25N5O/c1-23-12-16-10-20-13-19(16,14-23)18(25)21-8-7-15-9-22-24(11-15)17-5-3-2-4-6-17/h2-6,9,11,16,20H,7-8,10,12-14H2,1H3,(H,21,25)/t16-,19-/m1/s1. The van der Waals surface area contributed by atoms with Crippen LogP contribution in [0.3, 0.4) is 0 Å². The molecule has 132 valence electrons. The minimum absolute atomic E-state index is 0.197. The first-order chi connectivity index (χ1) is 12.2. The molecule has 2 aromatic rings. The number of fused-ring (bicyclic) bond motifs is 1. The van der Waals surface area contributed by atoms with Gasteiger partial charge >= 0.3 is 0 Å². The van der Waals surface area contributed by atoms with Crippen molar-refractivity contribution in [1.29, 1.82) is 0 Å². The normalized spacial score (nSPS) is 25.9. The molecule has 0 spiro atoms. The zero-order valence-corrected chi connectivity index (χ0v) is 14.6. The zero-order chi connectivity index (χ0) is 17.3. The van der Waals surface area contributed by atoms with Crippen LogP contribution in [0, 0.1) is 11.3 Å². The third-order valence-electron chi connectivity index (χ3n) is 5.51. The molecular weight excluding hydrogens is 314 g/mol. The Labute approximate surface area is 148 Å². The number of para-hydroxylation sites is 1. The van der Waals surface area contributed by atoms with Crippen LogP contribution in [0.4, 0.5) is 0 Å². The fourth-order valence-corrected chi connectivity index (χ4v) is 4.20. The van der Waals surface area contributed by atoms with Gasteiger partial charge in [-0.3, -0.25) is 4.79 Å². The van der Waals surface area contributed by atoms with Gasteiger partial charge in [0.05, 0.1) is 17.3 Å². The summed E-state index contributed by atoms with van der Waals surface area (Å²) in [5.41, 5.74) is 1.93. The number of likely N-dealkylation sites (tertiary alicyclic amines) is 1. The van der Waals surface area contributed by atoms with Crippen molar-refractivity contribution in [2.45, 2.75) is 6.42 Å². The van der Waals surface area contributed by atoms with Gasteiger partial charge in [0.1, 0.15) is 0 Å². The summed E-state index contributed by atoms with van der Waals surface area (Å²) in [6.45, 7) is 4.24. The number of hydrogen-bond acceptors (Lipinski definition) is 4. The van der Waals surface area contributed by atoms with Crippen LogP contribution >= 0.6 is 0 Å². The number of nitrogens with zero attached hydrogens (tertiary/aromatic N) is 3. The maximum atomic E-state index is 12.8. The highest BCUT2D eigenvalue weighted by Gasteiger charge is 2.53. The largest absolute Gasteiger partial charge is 0.355 e. The van der Waals surface area contributed by atoms with Crippen molar-refractivity contribution < 1.29 is 4.79 Å². The third-order valence-corrected chi connectivity index (χ3v) is 5.51. The lowest BCUT2D eigenvalue weighted by atomic mass is 9.80. The molecule has 0 bridgehead atoms. The minimum Gasteiger partial charge on any atom is -0.355 e. The number of nitrogens with one attached hydrogen (secondary N) is 2. The second-order valence-electron chi connectivity index (χ2n) is 7.32. The first kappa shape index (κ1) is 16.3. The number of benzene rings is 1. The first-order valence-corrected chi connectivity index (χ1v) is 8.94. The lowest BCUT2D eigenvalue weighted by Crippen LogP contribution is -2.47. The monoisotopic (exact) mass is 339 g/mol. The van der Waals surface area contributed by atoms with Crippen LogP contribution < -0.4 is 10.6 Å². The molecule has 0 radical (unpaired) electrons. The second-order valence-corrected chi connectivity index (χ2v) is 7.32. The van der Waals surface area contributed by atoms with E-state index in [2.05, 4.69) is 27.7 Å². The fourth-order valence-electron chi connectivity index (χ4n) is 4.20. The SMILES string of the molecule is CN1C[C@H]2CNC[C@@]2(C(=O)NCCc2cnn(-c3ccccc3)c2)C1. The highest BCUT2D eigenvalue weighted by molar-refractivity contribution is 5.84. The molecule has 2 aliphatic rings. The molecule has 6 heteroatoms. The van der Waals surface area contributed by atoms with Crippen LogP contribution in [0.5, 0.6) is 0 Å².